The molecule has 0 radical (unpaired) electrons. The Morgan fingerprint density at radius 1 is 1.48 bits per heavy atom. The van der Waals surface area contributed by atoms with Gasteiger partial charge in [-0.1, -0.05) is 0 Å². The van der Waals surface area contributed by atoms with E-state index < -0.39 is 29.3 Å². The van der Waals surface area contributed by atoms with Crippen LogP contribution >= 0.6 is 0 Å². The van der Waals surface area contributed by atoms with Gasteiger partial charge in [0.2, 0.25) is 5.91 Å². The number of ether oxygens (including phenoxy) is 1. The van der Waals surface area contributed by atoms with E-state index in [1.807, 2.05) is 0 Å². The highest BCUT2D eigenvalue weighted by Gasteiger charge is 2.40. The first-order chi connectivity index (χ1) is 9.81. The third kappa shape index (κ3) is 3.96. The molecule has 1 heterocycles. The summed E-state index contributed by atoms with van der Waals surface area (Å²) in [6.07, 6.45) is -2.17. The maximum Gasteiger partial charge on any atom is 0.436 e. The molecule has 0 aromatic carbocycles. The molecule has 1 aliphatic rings. The Morgan fingerprint density at radius 3 is 2.67 bits per heavy atom. The van der Waals surface area contributed by atoms with Gasteiger partial charge in [0.05, 0.1) is 6.61 Å². The fourth-order valence-electron chi connectivity index (χ4n) is 1.72. The normalized spacial score (nSPS) is 14.9. The molecule has 0 spiro atoms. The molecule has 0 atom stereocenters. The van der Waals surface area contributed by atoms with Gasteiger partial charge in [0.25, 0.3) is 0 Å². The van der Waals surface area contributed by atoms with Gasteiger partial charge in [-0.25, -0.2) is 4.79 Å². The third-order valence-electron chi connectivity index (χ3n) is 2.77. The lowest BCUT2D eigenvalue weighted by Gasteiger charge is -2.05. The maximum absolute atomic E-state index is 12.8. The smallest absolute Gasteiger partial charge is 0.436 e. The highest BCUT2D eigenvalue weighted by molar-refractivity contribution is 5.90. The SMILES string of the molecule is CCOC(=O)c1cn(CC(=O)NC2CC2)nc1C(F)(F)F. The monoisotopic (exact) mass is 305 g/mol. The lowest BCUT2D eigenvalue weighted by Crippen LogP contribution is -2.29. The number of nitrogens with zero attached hydrogens (tertiary/aromatic N) is 2. The van der Waals surface area contributed by atoms with Gasteiger partial charge in [0.15, 0.2) is 5.69 Å². The number of halogens is 3. The van der Waals surface area contributed by atoms with E-state index in [4.69, 9.17) is 0 Å². The largest absolute Gasteiger partial charge is 0.462 e. The van der Waals surface area contributed by atoms with E-state index in [9.17, 15) is 22.8 Å². The number of nitrogens with one attached hydrogen (secondary N) is 1. The number of rotatable bonds is 5. The van der Waals surface area contributed by atoms with Gasteiger partial charge in [-0.05, 0) is 19.8 Å². The molecule has 1 aromatic rings. The van der Waals surface area contributed by atoms with Crippen LogP contribution in [-0.4, -0.2) is 34.3 Å². The molecular formula is C12H14F3N3O3. The molecule has 0 unspecified atom stereocenters. The van der Waals surface area contributed by atoms with Crippen LogP contribution in [0.25, 0.3) is 0 Å². The Morgan fingerprint density at radius 2 is 2.14 bits per heavy atom. The number of alkyl halides is 3. The lowest BCUT2D eigenvalue weighted by molar-refractivity contribution is -0.142. The van der Waals surface area contributed by atoms with E-state index in [-0.39, 0.29) is 19.2 Å². The minimum Gasteiger partial charge on any atom is -0.462 e. The van der Waals surface area contributed by atoms with Gasteiger partial charge in [-0.15, -0.1) is 0 Å². The zero-order valence-corrected chi connectivity index (χ0v) is 11.2. The Bertz CT molecular complexity index is 550. The predicted molar refractivity (Wildman–Crippen MR) is 64.4 cm³/mol. The quantitative estimate of drug-likeness (QED) is 0.834. The van der Waals surface area contributed by atoms with Crippen molar-refractivity contribution >= 4 is 11.9 Å². The average molecular weight is 305 g/mol. The van der Waals surface area contributed by atoms with Crippen molar-refractivity contribution in [3.05, 3.63) is 17.5 Å². The van der Waals surface area contributed by atoms with Crippen molar-refractivity contribution in [2.24, 2.45) is 0 Å². The summed E-state index contributed by atoms with van der Waals surface area (Å²) in [6.45, 7) is 1.06. The van der Waals surface area contributed by atoms with Gasteiger partial charge in [-0.2, -0.15) is 18.3 Å². The molecule has 0 saturated heterocycles. The fourth-order valence-corrected chi connectivity index (χ4v) is 1.72. The topological polar surface area (TPSA) is 73.2 Å². The predicted octanol–water partition coefficient (Wildman–Crippen LogP) is 1.36. The van der Waals surface area contributed by atoms with Crippen LogP contribution in [0.15, 0.2) is 6.20 Å². The fraction of sp³-hybridized carbons (Fsp3) is 0.583. The molecule has 21 heavy (non-hydrogen) atoms. The van der Waals surface area contributed by atoms with Gasteiger partial charge in [0.1, 0.15) is 12.1 Å². The molecule has 1 aromatic heterocycles. The summed E-state index contributed by atoms with van der Waals surface area (Å²) in [6, 6.07) is 0.0969. The van der Waals surface area contributed by atoms with Crippen molar-refractivity contribution in [3.8, 4) is 0 Å². The Hall–Kier alpha value is -2.06. The molecule has 1 amide bonds. The summed E-state index contributed by atoms with van der Waals surface area (Å²) in [5.41, 5.74) is -2.04. The summed E-state index contributed by atoms with van der Waals surface area (Å²) in [4.78, 5) is 23.1. The molecule has 1 fully saturated rings. The van der Waals surface area contributed by atoms with Crippen LogP contribution < -0.4 is 5.32 Å². The van der Waals surface area contributed by atoms with Crippen molar-refractivity contribution in [1.82, 2.24) is 15.1 Å². The zero-order chi connectivity index (χ0) is 15.6. The van der Waals surface area contributed by atoms with Crippen molar-refractivity contribution in [1.29, 1.82) is 0 Å². The molecule has 116 valence electrons. The van der Waals surface area contributed by atoms with E-state index in [1.165, 1.54) is 6.92 Å². The van der Waals surface area contributed by atoms with Crippen LogP contribution in [0.4, 0.5) is 13.2 Å². The molecule has 2 rings (SSSR count). The van der Waals surface area contributed by atoms with Crippen LogP contribution in [-0.2, 0) is 22.3 Å². The van der Waals surface area contributed by atoms with Gasteiger partial charge in [0, 0.05) is 12.2 Å². The van der Waals surface area contributed by atoms with E-state index in [0.29, 0.717) is 0 Å². The van der Waals surface area contributed by atoms with Crippen LogP contribution in [0.1, 0.15) is 35.8 Å². The summed E-state index contributed by atoms with van der Waals surface area (Å²) in [5.74, 6) is -1.55. The summed E-state index contributed by atoms with van der Waals surface area (Å²) < 4.78 is 43.9. The molecule has 1 saturated carbocycles. The van der Waals surface area contributed by atoms with Crippen LogP contribution in [0, 0.1) is 0 Å². The molecule has 1 N–H and O–H groups in total. The first kappa shape index (κ1) is 15.3. The first-order valence-corrected chi connectivity index (χ1v) is 6.42. The first-order valence-electron chi connectivity index (χ1n) is 6.42. The Kier molecular flexibility index (Phi) is 4.19. The maximum atomic E-state index is 12.8. The van der Waals surface area contributed by atoms with Crippen molar-refractivity contribution in [3.63, 3.8) is 0 Å². The van der Waals surface area contributed by atoms with Crippen LogP contribution in [0.3, 0.4) is 0 Å². The van der Waals surface area contributed by atoms with Crippen LogP contribution in [0.5, 0.6) is 0 Å². The minimum absolute atomic E-state index is 0.0521. The number of carbonyl (C=O) groups is 2. The molecule has 6 nitrogen and oxygen atoms in total. The van der Waals surface area contributed by atoms with Gasteiger partial charge < -0.3 is 10.1 Å². The van der Waals surface area contributed by atoms with Crippen molar-refractivity contribution in [2.45, 2.75) is 38.5 Å². The van der Waals surface area contributed by atoms with E-state index >= 15 is 0 Å². The second kappa shape index (κ2) is 5.74. The van der Waals surface area contributed by atoms with Crippen molar-refractivity contribution < 1.29 is 27.5 Å². The Balaban J connectivity index is 2.18. The number of aromatic nitrogens is 2. The zero-order valence-electron chi connectivity index (χ0n) is 11.2. The second-order valence-corrected chi connectivity index (χ2v) is 4.65. The molecule has 9 heteroatoms. The molecule has 0 bridgehead atoms. The van der Waals surface area contributed by atoms with Crippen molar-refractivity contribution in [2.75, 3.05) is 6.61 Å². The van der Waals surface area contributed by atoms with Gasteiger partial charge >= 0.3 is 12.1 Å². The molecular weight excluding hydrogens is 291 g/mol. The Labute approximate surface area is 118 Å². The summed E-state index contributed by atoms with van der Waals surface area (Å²) in [5, 5.41) is 5.91. The van der Waals surface area contributed by atoms with Gasteiger partial charge in [-0.3, -0.25) is 9.48 Å². The summed E-state index contributed by atoms with van der Waals surface area (Å²) >= 11 is 0. The lowest BCUT2D eigenvalue weighted by atomic mass is 10.2. The highest BCUT2D eigenvalue weighted by atomic mass is 19.4. The van der Waals surface area contributed by atoms with Crippen LogP contribution in [0.2, 0.25) is 0 Å². The summed E-state index contributed by atoms with van der Waals surface area (Å²) in [7, 11) is 0. The standard InChI is InChI=1S/C12H14F3N3O3/c1-2-21-11(20)8-5-18(17-10(8)12(13,14)15)6-9(19)16-7-3-4-7/h5,7H,2-4,6H2,1H3,(H,16,19). The number of esters is 1. The highest BCUT2D eigenvalue weighted by Crippen LogP contribution is 2.31. The second-order valence-electron chi connectivity index (χ2n) is 4.65. The number of hydrogen-bond acceptors (Lipinski definition) is 4. The van der Waals surface area contributed by atoms with E-state index in [1.54, 1.807) is 0 Å². The number of hydrogen-bond donors (Lipinski definition) is 1. The van der Waals surface area contributed by atoms with E-state index in [0.717, 1.165) is 23.7 Å². The average Bonchev–Trinajstić information content (AvgIpc) is 3.05. The molecule has 0 aliphatic heterocycles. The number of amides is 1. The third-order valence-corrected chi connectivity index (χ3v) is 2.77. The molecule has 1 aliphatic carbocycles. The number of carbonyl (C=O) groups excluding carboxylic acids is 2. The minimum atomic E-state index is -4.79. The van der Waals surface area contributed by atoms with E-state index in [2.05, 4.69) is 15.2 Å².